The maximum atomic E-state index is 12.4. The summed E-state index contributed by atoms with van der Waals surface area (Å²) in [5, 5.41) is 2.72. The molecule has 5 heteroatoms. The Morgan fingerprint density at radius 1 is 1.21 bits per heavy atom. The van der Waals surface area contributed by atoms with Gasteiger partial charge in [-0.05, 0) is 30.7 Å². The van der Waals surface area contributed by atoms with Crippen molar-refractivity contribution in [1.29, 1.82) is 0 Å². The van der Waals surface area contributed by atoms with E-state index in [0.29, 0.717) is 24.6 Å². The van der Waals surface area contributed by atoms with Gasteiger partial charge < -0.3 is 10.1 Å². The molecule has 1 N–H and O–H groups in total. The third kappa shape index (κ3) is 8.34. The highest BCUT2D eigenvalue weighted by molar-refractivity contribution is 6.17. The van der Waals surface area contributed by atoms with E-state index in [9.17, 15) is 9.59 Å². The van der Waals surface area contributed by atoms with Crippen LogP contribution in [0.15, 0.2) is 30.3 Å². The molecule has 0 saturated carbocycles. The molecule has 4 nitrogen and oxygen atoms in total. The molecule has 0 heterocycles. The van der Waals surface area contributed by atoms with Gasteiger partial charge in [0.1, 0.15) is 6.61 Å². The summed E-state index contributed by atoms with van der Waals surface area (Å²) in [6, 6.07) is 8.97. The van der Waals surface area contributed by atoms with Crippen LogP contribution in [0.4, 0.5) is 4.79 Å². The lowest BCUT2D eigenvalue weighted by Gasteiger charge is -2.19. The molecule has 0 aliphatic heterocycles. The van der Waals surface area contributed by atoms with Crippen LogP contribution in [-0.4, -0.2) is 23.8 Å². The highest BCUT2D eigenvalue weighted by atomic mass is 35.5. The molecule has 1 rings (SSSR count). The van der Waals surface area contributed by atoms with Crippen LogP contribution in [0.5, 0.6) is 0 Å². The van der Waals surface area contributed by atoms with E-state index in [1.807, 2.05) is 37.3 Å². The highest BCUT2D eigenvalue weighted by Crippen LogP contribution is 2.13. The minimum atomic E-state index is -0.549. The van der Waals surface area contributed by atoms with Crippen molar-refractivity contribution in [1.82, 2.24) is 5.32 Å². The van der Waals surface area contributed by atoms with Crippen LogP contribution in [0.1, 0.15) is 51.5 Å². The molecule has 0 spiro atoms. The molecule has 0 radical (unpaired) electrons. The van der Waals surface area contributed by atoms with Crippen LogP contribution in [0.2, 0.25) is 0 Å². The molecule has 0 aliphatic carbocycles. The lowest BCUT2D eigenvalue weighted by atomic mass is 9.95. The fourth-order valence-corrected chi connectivity index (χ4v) is 2.48. The van der Waals surface area contributed by atoms with Gasteiger partial charge in [0.25, 0.3) is 0 Å². The van der Waals surface area contributed by atoms with Crippen molar-refractivity contribution in [2.24, 2.45) is 5.92 Å². The fourth-order valence-electron chi connectivity index (χ4n) is 2.29. The Bertz CT molecular complexity index is 493. The van der Waals surface area contributed by atoms with Gasteiger partial charge in [0.05, 0.1) is 6.04 Å². The topological polar surface area (TPSA) is 55.4 Å². The molecule has 1 amide bonds. The number of nitrogens with one attached hydrogen (secondary N) is 1. The smallest absolute Gasteiger partial charge is 0.408 e. The maximum absolute atomic E-state index is 12.4. The largest absolute Gasteiger partial charge is 0.445 e. The molecule has 2 atom stereocenters. The maximum Gasteiger partial charge on any atom is 0.408 e. The first-order chi connectivity index (χ1) is 11.6. The molecule has 134 valence electrons. The second kappa shape index (κ2) is 11.9. The molecular weight excluding hydrogens is 326 g/mol. The summed E-state index contributed by atoms with van der Waals surface area (Å²) < 4.78 is 5.22. The number of hydrogen-bond acceptors (Lipinski definition) is 3. The van der Waals surface area contributed by atoms with E-state index in [1.165, 1.54) is 0 Å². The zero-order valence-electron chi connectivity index (χ0n) is 14.6. The Hall–Kier alpha value is -1.55. The van der Waals surface area contributed by atoms with Gasteiger partial charge in [0, 0.05) is 12.3 Å². The number of ether oxygens (including phenoxy) is 1. The number of benzene rings is 1. The van der Waals surface area contributed by atoms with E-state index < -0.39 is 12.1 Å². The number of ketones is 1. The number of Topliss-reactive ketones (excluding diaryl/α,β-unsaturated/α-hetero) is 1. The SMILES string of the molecule is CC[C@H](C)CC(=O)[C@H](CCCCCl)NC(=O)OCc1ccccc1. The molecule has 0 unspecified atom stereocenters. The van der Waals surface area contributed by atoms with E-state index in [0.717, 1.165) is 24.8 Å². The van der Waals surface area contributed by atoms with Crippen molar-refractivity contribution >= 4 is 23.5 Å². The van der Waals surface area contributed by atoms with Crippen molar-refractivity contribution in [3.63, 3.8) is 0 Å². The first kappa shape index (κ1) is 20.5. The third-order valence-corrected chi connectivity index (χ3v) is 4.28. The second-order valence-electron chi connectivity index (χ2n) is 6.13. The van der Waals surface area contributed by atoms with Crippen LogP contribution in [0.3, 0.4) is 0 Å². The van der Waals surface area contributed by atoms with E-state index >= 15 is 0 Å². The monoisotopic (exact) mass is 353 g/mol. The number of carbonyl (C=O) groups excluding carboxylic acids is 2. The summed E-state index contributed by atoms with van der Waals surface area (Å²) in [5.74, 6) is 0.941. The Kier molecular flexibility index (Phi) is 10.2. The molecule has 0 aliphatic rings. The van der Waals surface area contributed by atoms with Crippen molar-refractivity contribution in [3.05, 3.63) is 35.9 Å². The molecule has 0 fully saturated rings. The second-order valence-corrected chi connectivity index (χ2v) is 6.51. The minimum Gasteiger partial charge on any atom is -0.445 e. The molecule has 0 aromatic heterocycles. The van der Waals surface area contributed by atoms with E-state index in [1.54, 1.807) is 0 Å². The third-order valence-electron chi connectivity index (χ3n) is 4.02. The van der Waals surface area contributed by atoms with Crippen molar-refractivity contribution in [2.45, 2.75) is 58.6 Å². The number of alkyl halides is 1. The number of rotatable bonds is 11. The minimum absolute atomic E-state index is 0.0654. The van der Waals surface area contributed by atoms with Crippen molar-refractivity contribution < 1.29 is 14.3 Å². The standard InChI is InChI=1S/C19H28ClNO3/c1-3-15(2)13-18(22)17(11-7-8-12-20)21-19(23)24-14-16-9-5-4-6-10-16/h4-6,9-10,15,17H,3,7-8,11-14H2,1-2H3,(H,21,23)/t15-,17-/m0/s1. The number of hydrogen-bond donors (Lipinski definition) is 1. The Morgan fingerprint density at radius 3 is 2.54 bits per heavy atom. The lowest BCUT2D eigenvalue weighted by Crippen LogP contribution is -2.41. The molecule has 1 aromatic carbocycles. The van der Waals surface area contributed by atoms with Gasteiger partial charge in [-0.2, -0.15) is 0 Å². The molecule has 0 bridgehead atoms. The van der Waals surface area contributed by atoms with E-state index in [2.05, 4.69) is 12.2 Å². The lowest BCUT2D eigenvalue weighted by molar-refractivity contribution is -0.122. The quantitative estimate of drug-likeness (QED) is 0.463. The van der Waals surface area contributed by atoms with Crippen LogP contribution in [0, 0.1) is 5.92 Å². The number of unbranched alkanes of at least 4 members (excludes halogenated alkanes) is 1. The normalized spacial score (nSPS) is 13.1. The van der Waals surface area contributed by atoms with Gasteiger partial charge >= 0.3 is 6.09 Å². The highest BCUT2D eigenvalue weighted by Gasteiger charge is 2.22. The van der Waals surface area contributed by atoms with Gasteiger partial charge in [-0.25, -0.2) is 4.79 Å². The van der Waals surface area contributed by atoms with E-state index in [-0.39, 0.29) is 12.4 Å². The molecule has 1 aromatic rings. The molecule has 0 saturated heterocycles. The van der Waals surface area contributed by atoms with Gasteiger partial charge in [0.2, 0.25) is 0 Å². The zero-order chi connectivity index (χ0) is 17.8. The summed E-state index contributed by atoms with van der Waals surface area (Å²) in [6.07, 6.45) is 3.10. The zero-order valence-corrected chi connectivity index (χ0v) is 15.3. The predicted molar refractivity (Wildman–Crippen MR) is 97.2 cm³/mol. The van der Waals surface area contributed by atoms with Gasteiger partial charge in [0.15, 0.2) is 5.78 Å². The Morgan fingerprint density at radius 2 is 1.92 bits per heavy atom. The van der Waals surface area contributed by atoms with Gasteiger partial charge in [-0.1, -0.05) is 50.6 Å². The fraction of sp³-hybridized carbons (Fsp3) is 0.579. The Labute approximate surface area is 149 Å². The van der Waals surface area contributed by atoms with Crippen molar-refractivity contribution in [2.75, 3.05) is 5.88 Å². The summed E-state index contributed by atoms with van der Waals surface area (Å²) >= 11 is 5.70. The molecule has 24 heavy (non-hydrogen) atoms. The summed E-state index contributed by atoms with van der Waals surface area (Å²) in [5.41, 5.74) is 0.914. The van der Waals surface area contributed by atoms with Crippen LogP contribution in [-0.2, 0) is 16.1 Å². The predicted octanol–water partition coefficient (Wildman–Crippen LogP) is 4.70. The number of alkyl carbamates (subject to hydrolysis) is 1. The van der Waals surface area contributed by atoms with Crippen LogP contribution >= 0.6 is 11.6 Å². The summed E-state index contributed by atoms with van der Waals surface area (Å²) in [6.45, 7) is 4.30. The summed E-state index contributed by atoms with van der Waals surface area (Å²) in [4.78, 5) is 24.4. The Balaban J connectivity index is 2.52. The summed E-state index contributed by atoms with van der Waals surface area (Å²) in [7, 11) is 0. The number of carbonyl (C=O) groups is 2. The van der Waals surface area contributed by atoms with Gasteiger partial charge in [-0.15, -0.1) is 11.6 Å². The van der Waals surface area contributed by atoms with Crippen LogP contribution < -0.4 is 5.32 Å². The number of halogens is 1. The van der Waals surface area contributed by atoms with Gasteiger partial charge in [-0.3, -0.25) is 4.79 Å². The van der Waals surface area contributed by atoms with Crippen LogP contribution in [0.25, 0.3) is 0 Å². The van der Waals surface area contributed by atoms with E-state index in [4.69, 9.17) is 16.3 Å². The van der Waals surface area contributed by atoms with Crippen molar-refractivity contribution in [3.8, 4) is 0 Å². The average Bonchev–Trinajstić information content (AvgIpc) is 2.60. The first-order valence-corrected chi connectivity index (χ1v) is 9.16. The molecular formula is C19H28ClNO3. The number of amides is 1. The first-order valence-electron chi connectivity index (χ1n) is 8.62. The average molecular weight is 354 g/mol.